The molecule has 2 aromatic carbocycles. The van der Waals surface area contributed by atoms with E-state index in [9.17, 15) is 14.0 Å². The number of fused-ring (bicyclic) bond motifs is 1. The van der Waals surface area contributed by atoms with Crippen molar-refractivity contribution in [2.24, 2.45) is 0 Å². The van der Waals surface area contributed by atoms with Crippen LogP contribution in [0, 0.1) is 9.77 Å². The Kier molecular flexibility index (Phi) is 6.68. The van der Waals surface area contributed by atoms with Gasteiger partial charge in [-0.05, 0) is 67.7 Å². The van der Waals surface area contributed by atoms with Gasteiger partial charge >= 0.3 is 0 Å². The Morgan fingerprint density at radius 1 is 1.25 bits per heavy atom. The Morgan fingerprint density at radius 2 is 1.97 bits per heavy atom. The Balaban J connectivity index is 1.57. The fourth-order valence-electron chi connectivity index (χ4n) is 2.91. The molecule has 0 saturated carbocycles. The Bertz CT molecular complexity index is 1380. The number of halogens is 1. The van der Waals surface area contributed by atoms with E-state index in [-0.39, 0.29) is 23.0 Å². The molecule has 0 aliphatic carbocycles. The number of anilines is 1. The summed E-state index contributed by atoms with van der Waals surface area (Å²) in [7, 11) is 0. The molecule has 0 radical (unpaired) electrons. The molecule has 0 unspecified atom stereocenters. The van der Waals surface area contributed by atoms with Crippen molar-refractivity contribution in [3.63, 3.8) is 0 Å². The topological polar surface area (TPSA) is 89.0 Å². The molecule has 2 heterocycles. The van der Waals surface area contributed by atoms with Crippen molar-refractivity contribution in [3.8, 4) is 11.4 Å². The number of carbonyl (C=O) groups excluding carboxylic acids is 1. The molecule has 7 nitrogen and oxygen atoms in total. The number of ether oxygens (including phenoxy) is 1. The number of aromatic nitrogens is 3. The molecule has 2 aromatic heterocycles. The van der Waals surface area contributed by atoms with Crippen molar-refractivity contribution < 1.29 is 13.9 Å². The predicted molar refractivity (Wildman–Crippen MR) is 127 cm³/mol. The number of thioether (sulfide) groups is 1. The summed E-state index contributed by atoms with van der Waals surface area (Å²) in [6.07, 6.45) is 0. The molecule has 0 saturated heterocycles. The summed E-state index contributed by atoms with van der Waals surface area (Å²) in [6, 6.07) is 12.8. The van der Waals surface area contributed by atoms with Gasteiger partial charge in [0.15, 0.2) is 14.8 Å². The maximum atomic E-state index is 13.0. The van der Waals surface area contributed by atoms with Crippen molar-refractivity contribution in [1.29, 1.82) is 0 Å². The Labute approximate surface area is 195 Å². The number of amides is 1. The fourth-order valence-corrected chi connectivity index (χ4v) is 4.84. The molecule has 164 valence electrons. The van der Waals surface area contributed by atoms with Gasteiger partial charge in [-0.1, -0.05) is 23.1 Å². The van der Waals surface area contributed by atoms with E-state index in [1.807, 2.05) is 31.2 Å². The molecule has 0 spiro atoms. The standard InChI is InChI=1S/C21H17FN4O3S3/c1-2-29-15-9-7-14(8-10-15)26-18-17(32-21(26)30)19(28)25-20(24-18)31-11-16(27)23-13-5-3-12(22)4-6-13/h3-10H,2,11H2,1H3,(H,23,27)(H,24,25,28). The number of aromatic amines is 1. The second-order valence-corrected chi connectivity index (χ2v) is 9.11. The SMILES string of the molecule is CCOc1ccc(-n2c(=S)sc3c(=O)[nH]c(SCC(=O)Nc4ccc(F)cc4)nc32)cc1. The highest BCUT2D eigenvalue weighted by molar-refractivity contribution is 7.99. The summed E-state index contributed by atoms with van der Waals surface area (Å²) < 4.78 is 21.1. The van der Waals surface area contributed by atoms with E-state index in [4.69, 9.17) is 17.0 Å². The molecule has 4 aromatic rings. The Morgan fingerprint density at radius 3 is 2.66 bits per heavy atom. The van der Waals surface area contributed by atoms with Crippen molar-refractivity contribution in [2.45, 2.75) is 12.1 Å². The molecular formula is C21H17FN4O3S3. The minimum atomic E-state index is -0.384. The van der Waals surface area contributed by atoms with Gasteiger partial charge in [0.1, 0.15) is 16.3 Å². The molecule has 32 heavy (non-hydrogen) atoms. The van der Waals surface area contributed by atoms with Gasteiger partial charge < -0.3 is 15.0 Å². The van der Waals surface area contributed by atoms with Crippen molar-refractivity contribution >= 4 is 57.3 Å². The van der Waals surface area contributed by atoms with Gasteiger partial charge in [-0.3, -0.25) is 14.2 Å². The first kappa shape index (κ1) is 22.2. The van der Waals surface area contributed by atoms with E-state index in [0.29, 0.717) is 31.8 Å². The van der Waals surface area contributed by atoms with Crippen LogP contribution in [0.15, 0.2) is 58.5 Å². The molecule has 11 heteroatoms. The number of nitrogens with one attached hydrogen (secondary N) is 2. The summed E-state index contributed by atoms with van der Waals surface area (Å²) in [4.78, 5) is 32.0. The third-order valence-corrected chi connectivity index (χ3v) is 6.53. The van der Waals surface area contributed by atoms with E-state index >= 15 is 0 Å². The van der Waals surface area contributed by atoms with Crippen LogP contribution < -0.4 is 15.6 Å². The van der Waals surface area contributed by atoms with Gasteiger partial charge in [-0.2, -0.15) is 0 Å². The fraction of sp³-hybridized carbons (Fsp3) is 0.143. The molecule has 1 amide bonds. The largest absolute Gasteiger partial charge is 0.494 e. The average Bonchev–Trinajstić information content (AvgIpc) is 3.11. The van der Waals surface area contributed by atoms with Crippen LogP contribution >= 0.6 is 35.3 Å². The summed E-state index contributed by atoms with van der Waals surface area (Å²) in [6.45, 7) is 2.47. The number of hydrogen-bond acceptors (Lipinski definition) is 7. The minimum Gasteiger partial charge on any atom is -0.494 e. The van der Waals surface area contributed by atoms with Crippen LogP contribution in [0.2, 0.25) is 0 Å². The Hall–Kier alpha value is -3.02. The molecule has 2 N–H and O–H groups in total. The average molecular weight is 489 g/mol. The normalized spacial score (nSPS) is 10.9. The predicted octanol–water partition coefficient (Wildman–Crippen LogP) is 4.77. The van der Waals surface area contributed by atoms with Crippen LogP contribution in [0.3, 0.4) is 0 Å². The number of rotatable bonds is 7. The summed E-state index contributed by atoms with van der Waals surface area (Å²) in [5.41, 5.74) is 1.34. The number of thiazole rings is 1. The third-order valence-electron chi connectivity index (χ3n) is 4.29. The third kappa shape index (κ3) is 4.90. The highest BCUT2D eigenvalue weighted by Crippen LogP contribution is 2.26. The van der Waals surface area contributed by atoms with Crippen molar-refractivity contribution in [2.75, 3.05) is 17.7 Å². The van der Waals surface area contributed by atoms with Crippen LogP contribution in [0.4, 0.5) is 10.1 Å². The number of nitrogens with zero attached hydrogens (tertiary/aromatic N) is 2. The van der Waals surface area contributed by atoms with Gasteiger partial charge in [0.25, 0.3) is 5.56 Å². The van der Waals surface area contributed by atoms with Gasteiger partial charge in [-0.25, -0.2) is 9.37 Å². The second-order valence-electron chi connectivity index (χ2n) is 6.50. The lowest BCUT2D eigenvalue weighted by Gasteiger charge is -2.08. The summed E-state index contributed by atoms with van der Waals surface area (Å²) in [5.74, 6) is 0.0550. The van der Waals surface area contributed by atoms with Crippen LogP contribution in [-0.4, -0.2) is 32.8 Å². The van der Waals surface area contributed by atoms with Crippen LogP contribution in [0.5, 0.6) is 5.75 Å². The second kappa shape index (κ2) is 9.63. The molecule has 0 aliphatic heterocycles. The van der Waals surface area contributed by atoms with Crippen LogP contribution in [0.25, 0.3) is 16.0 Å². The lowest BCUT2D eigenvalue weighted by Crippen LogP contribution is -2.15. The molecule has 4 rings (SSSR count). The first-order valence-corrected chi connectivity index (χ1v) is 11.7. The highest BCUT2D eigenvalue weighted by atomic mass is 32.2. The summed E-state index contributed by atoms with van der Waals surface area (Å²) in [5, 5.41) is 2.97. The highest BCUT2D eigenvalue weighted by Gasteiger charge is 2.15. The maximum Gasteiger partial charge on any atom is 0.271 e. The molecule has 0 fully saturated rings. The minimum absolute atomic E-state index is 0.0136. The van der Waals surface area contributed by atoms with Crippen LogP contribution in [0.1, 0.15) is 6.92 Å². The number of H-pyrrole nitrogens is 1. The monoisotopic (exact) mass is 488 g/mol. The van der Waals surface area contributed by atoms with E-state index < -0.39 is 0 Å². The van der Waals surface area contributed by atoms with E-state index in [1.54, 1.807) is 4.57 Å². The zero-order valence-electron chi connectivity index (χ0n) is 16.8. The number of carbonyl (C=O) groups is 1. The van der Waals surface area contributed by atoms with Gasteiger partial charge in [0.2, 0.25) is 5.91 Å². The molecule has 0 bridgehead atoms. The smallest absolute Gasteiger partial charge is 0.271 e. The van der Waals surface area contributed by atoms with E-state index in [1.165, 1.54) is 35.6 Å². The number of hydrogen-bond donors (Lipinski definition) is 2. The van der Waals surface area contributed by atoms with Crippen molar-refractivity contribution in [3.05, 3.63) is 68.7 Å². The zero-order valence-corrected chi connectivity index (χ0v) is 19.2. The van der Waals surface area contributed by atoms with Gasteiger partial charge in [0, 0.05) is 11.4 Å². The van der Waals surface area contributed by atoms with Gasteiger partial charge in [-0.15, -0.1) is 0 Å². The lowest BCUT2D eigenvalue weighted by molar-refractivity contribution is -0.113. The molecule has 0 atom stereocenters. The summed E-state index contributed by atoms with van der Waals surface area (Å²) >= 11 is 7.73. The zero-order chi connectivity index (χ0) is 22.7. The van der Waals surface area contributed by atoms with Gasteiger partial charge in [0.05, 0.1) is 12.4 Å². The first-order valence-electron chi connectivity index (χ1n) is 9.52. The van der Waals surface area contributed by atoms with Crippen molar-refractivity contribution in [1.82, 2.24) is 14.5 Å². The maximum absolute atomic E-state index is 13.0. The lowest BCUT2D eigenvalue weighted by atomic mass is 10.3. The quantitative estimate of drug-likeness (QED) is 0.221. The number of benzene rings is 2. The molecule has 0 aliphatic rings. The van der Waals surface area contributed by atoms with E-state index in [0.717, 1.165) is 23.2 Å². The van der Waals surface area contributed by atoms with E-state index in [2.05, 4.69) is 15.3 Å². The van der Waals surface area contributed by atoms with Crippen LogP contribution in [-0.2, 0) is 4.79 Å². The molecular weight excluding hydrogens is 471 g/mol. The first-order chi connectivity index (χ1) is 15.4.